The van der Waals surface area contributed by atoms with Gasteiger partial charge in [0, 0.05) is 38.3 Å². The van der Waals surface area contributed by atoms with Crippen LogP contribution in [0, 0.1) is 6.92 Å². The lowest BCUT2D eigenvalue weighted by atomic mass is 10.1. The van der Waals surface area contributed by atoms with Crippen molar-refractivity contribution in [2.75, 3.05) is 39.8 Å². The molecule has 0 saturated carbocycles. The van der Waals surface area contributed by atoms with Gasteiger partial charge in [-0.15, -0.1) is 0 Å². The molecule has 1 aliphatic rings. The lowest BCUT2D eigenvalue weighted by Gasteiger charge is -2.34. The molecule has 3 rings (SSSR count). The Bertz CT molecular complexity index is 815. The van der Waals surface area contributed by atoms with E-state index in [4.69, 9.17) is 4.74 Å². The van der Waals surface area contributed by atoms with Gasteiger partial charge in [0.2, 0.25) is 0 Å². The summed E-state index contributed by atoms with van der Waals surface area (Å²) in [5, 5.41) is 2.96. The van der Waals surface area contributed by atoms with Crippen molar-refractivity contribution in [2.24, 2.45) is 0 Å². The molecule has 1 aliphatic heterocycles. The summed E-state index contributed by atoms with van der Waals surface area (Å²) in [5.74, 6) is 0.685. The molecular weight excluding hydrogens is 354 g/mol. The van der Waals surface area contributed by atoms with E-state index < -0.39 is 0 Å². The Labute approximate surface area is 166 Å². The summed E-state index contributed by atoms with van der Waals surface area (Å²) < 4.78 is 5.31. The first-order chi connectivity index (χ1) is 13.6. The fraction of sp³-hybridized carbons (Fsp3) is 0.364. The molecule has 1 fully saturated rings. The molecule has 0 atom stereocenters. The number of methoxy groups -OCH3 is 1. The van der Waals surface area contributed by atoms with Gasteiger partial charge < -0.3 is 19.9 Å². The highest BCUT2D eigenvalue weighted by Gasteiger charge is 2.25. The number of rotatable bonds is 5. The van der Waals surface area contributed by atoms with E-state index >= 15 is 0 Å². The minimum atomic E-state index is -0.0694. The maximum atomic E-state index is 12.7. The average Bonchev–Trinajstić information content (AvgIpc) is 2.74. The second-order valence-electron chi connectivity index (χ2n) is 6.93. The van der Waals surface area contributed by atoms with E-state index in [9.17, 15) is 9.59 Å². The van der Waals surface area contributed by atoms with Crippen LogP contribution in [-0.4, -0.2) is 61.6 Å². The summed E-state index contributed by atoms with van der Waals surface area (Å²) >= 11 is 0. The highest BCUT2D eigenvalue weighted by Crippen LogP contribution is 2.20. The number of nitrogens with one attached hydrogen (secondary N) is 1. The highest BCUT2D eigenvalue weighted by atomic mass is 16.5. The number of urea groups is 1. The van der Waals surface area contributed by atoms with Gasteiger partial charge in [-0.2, -0.15) is 0 Å². The molecule has 28 heavy (non-hydrogen) atoms. The largest absolute Gasteiger partial charge is 0.496 e. The van der Waals surface area contributed by atoms with Crippen molar-refractivity contribution in [2.45, 2.75) is 13.3 Å². The number of amides is 3. The Morgan fingerprint density at radius 2 is 1.68 bits per heavy atom. The Balaban J connectivity index is 1.47. The minimum absolute atomic E-state index is 0.0255. The second-order valence-corrected chi connectivity index (χ2v) is 6.93. The molecule has 0 aliphatic carbocycles. The fourth-order valence-corrected chi connectivity index (χ4v) is 3.32. The van der Waals surface area contributed by atoms with Gasteiger partial charge in [0.25, 0.3) is 5.91 Å². The van der Waals surface area contributed by atoms with Crippen molar-refractivity contribution >= 4 is 11.9 Å². The number of aryl methyl sites for hydroxylation is 1. The number of carbonyl (C=O) groups excluding carboxylic acids is 2. The van der Waals surface area contributed by atoms with Crippen LogP contribution in [0.2, 0.25) is 0 Å². The molecule has 3 amide bonds. The van der Waals surface area contributed by atoms with E-state index in [1.807, 2.05) is 37.3 Å². The third-order valence-corrected chi connectivity index (χ3v) is 5.04. The van der Waals surface area contributed by atoms with Crippen molar-refractivity contribution in [3.05, 3.63) is 65.2 Å². The third kappa shape index (κ3) is 4.82. The van der Waals surface area contributed by atoms with Crippen molar-refractivity contribution < 1.29 is 14.3 Å². The van der Waals surface area contributed by atoms with E-state index in [1.54, 1.807) is 23.0 Å². The molecule has 1 heterocycles. The van der Waals surface area contributed by atoms with Gasteiger partial charge in [0.15, 0.2) is 0 Å². The predicted octanol–water partition coefficient (Wildman–Crippen LogP) is 2.71. The van der Waals surface area contributed by atoms with Crippen LogP contribution in [0.15, 0.2) is 48.5 Å². The topological polar surface area (TPSA) is 61.9 Å². The zero-order valence-corrected chi connectivity index (χ0v) is 16.5. The summed E-state index contributed by atoms with van der Waals surface area (Å²) in [7, 11) is 1.60. The fourth-order valence-electron chi connectivity index (χ4n) is 3.32. The molecule has 0 spiro atoms. The van der Waals surface area contributed by atoms with Crippen molar-refractivity contribution in [1.29, 1.82) is 0 Å². The second kappa shape index (κ2) is 9.26. The Hall–Kier alpha value is -3.02. The quantitative estimate of drug-likeness (QED) is 0.866. The maximum absolute atomic E-state index is 12.7. The van der Waals surface area contributed by atoms with Gasteiger partial charge in [-0.3, -0.25) is 4.79 Å². The molecule has 1 saturated heterocycles. The van der Waals surface area contributed by atoms with Gasteiger partial charge >= 0.3 is 6.03 Å². The van der Waals surface area contributed by atoms with Gasteiger partial charge in [0.1, 0.15) is 5.75 Å². The molecule has 0 aromatic heterocycles. The van der Waals surface area contributed by atoms with Crippen molar-refractivity contribution in [3.8, 4) is 5.75 Å². The molecule has 2 aromatic carbocycles. The molecule has 0 bridgehead atoms. The molecule has 6 heteroatoms. The molecule has 148 valence electrons. The average molecular weight is 381 g/mol. The minimum Gasteiger partial charge on any atom is -0.496 e. The maximum Gasteiger partial charge on any atom is 0.317 e. The van der Waals surface area contributed by atoms with Crippen LogP contribution in [0.4, 0.5) is 4.79 Å². The predicted molar refractivity (Wildman–Crippen MR) is 109 cm³/mol. The van der Waals surface area contributed by atoms with Gasteiger partial charge in [-0.05, 0) is 36.6 Å². The summed E-state index contributed by atoms with van der Waals surface area (Å²) in [4.78, 5) is 28.6. The zero-order chi connectivity index (χ0) is 19.9. The molecular formula is C22H27N3O3. The normalized spacial score (nSPS) is 13.9. The van der Waals surface area contributed by atoms with E-state index in [0.717, 1.165) is 12.0 Å². The van der Waals surface area contributed by atoms with Crippen LogP contribution in [0.1, 0.15) is 21.5 Å². The first kappa shape index (κ1) is 19.7. The van der Waals surface area contributed by atoms with E-state index in [2.05, 4.69) is 17.4 Å². The van der Waals surface area contributed by atoms with E-state index in [0.29, 0.717) is 44.0 Å². The Morgan fingerprint density at radius 3 is 2.36 bits per heavy atom. The molecule has 6 nitrogen and oxygen atoms in total. The molecule has 0 radical (unpaired) electrons. The number of ether oxygens (including phenoxy) is 1. The number of nitrogens with zero attached hydrogens (tertiary/aromatic N) is 2. The SMILES string of the molecule is COc1cc(C(=O)N2CCN(C(=O)NCCc3ccccc3)CC2)ccc1C. The summed E-state index contributed by atoms with van der Waals surface area (Å²) in [6.07, 6.45) is 0.806. The highest BCUT2D eigenvalue weighted by molar-refractivity contribution is 5.95. The van der Waals surface area contributed by atoms with Gasteiger partial charge in [-0.25, -0.2) is 4.79 Å². The zero-order valence-electron chi connectivity index (χ0n) is 16.5. The van der Waals surface area contributed by atoms with Crippen molar-refractivity contribution in [3.63, 3.8) is 0 Å². The summed E-state index contributed by atoms with van der Waals surface area (Å²) in [5.41, 5.74) is 2.81. The Kier molecular flexibility index (Phi) is 6.53. The number of hydrogen-bond donors (Lipinski definition) is 1. The summed E-state index contributed by atoms with van der Waals surface area (Å²) in [6.45, 7) is 4.67. The van der Waals surface area contributed by atoms with Gasteiger partial charge in [0.05, 0.1) is 7.11 Å². The van der Waals surface area contributed by atoms with Crippen LogP contribution in [0.25, 0.3) is 0 Å². The third-order valence-electron chi connectivity index (χ3n) is 5.04. The number of piperazine rings is 1. The van der Waals surface area contributed by atoms with Crippen LogP contribution >= 0.6 is 0 Å². The first-order valence-corrected chi connectivity index (χ1v) is 9.59. The molecule has 1 N–H and O–H groups in total. The molecule has 0 unspecified atom stereocenters. The smallest absolute Gasteiger partial charge is 0.317 e. The standard InChI is InChI=1S/C22H27N3O3/c1-17-8-9-19(16-20(17)28-2)21(26)24-12-14-25(15-13-24)22(27)23-11-10-18-6-4-3-5-7-18/h3-9,16H,10-15H2,1-2H3,(H,23,27). The summed E-state index contributed by atoms with van der Waals surface area (Å²) in [6, 6.07) is 15.5. The van der Waals surface area contributed by atoms with Crippen LogP contribution in [0.5, 0.6) is 5.75 Å². The number of carbonyl (C=O) groups is 2. The van der Waals surface area contributed by atoms with Crippen LogP contribution < -0.4 is 10.1 Å². The van der Waals surface area contributed by atoms with Gasteiger partial charge in [-0.1, -0.05) is 36.4 Å². The Morgan fingerprint density at radius 1 is 1.00 bits per heavy atom. The first-order valence-electron chi connectivity index (χ1n) is 9.59. The van der Waals surface area contributed by atoms with E-state index in [-0.39, 0.29) is 11.9 Å². The van der Waals surface area contributed by atoms with Crippen LogP contribution in [-0.2, 0) is 6.42 Å². The number of benzene rings is 2. The van der Waals surface area contributed by atoms with Crippen LogP contribution in [0.3, 0.4) is 0 Å². The molecule has 2 aromatic rings. The van der Waals surface area contributed by atoms with E-state index in [1.165, 1.54) is 5.56 Å². The monoisotopic (exact) mass is 381 g/mol. The number of hydrogen-bond acceptors (Lipinski definition) is 3. The van der Waals surface area contributed by atoms with Crippen molar-refractivity contribution in [1.82, 2.24) is 15.1 Å². The lowest BCUT2D eigenvalue weighted by Crippen LogP contribution is -2.53. The lowest BCUT2D eigenvalue weighted by molar-refractivity contribution is 0.0665.